The second-order valence-corrected chi connectivity index (χ2v) is 10.1. The highest BCUT2D eigenvalue weighted by Crippen LogP contribution is 2.44. The number of hydrogen-bond donors (Lipinski definition) is 0. The molecule has 0 bridgehead atoms. The maximum absolute atomic E-state index is 13.7. The van der Waals surface area contributed by atoms with E-state index in [1.807, 2.05) is 45.0 Å². The van der Waals surface area contributed by atoms with Gasteiger partial charge in [-0.25, -0.2) is 8.78 Å². The molecular formula is C29H35F2NO2. The molecule has 1 atom stereocenters. The highest BCUT2D eigenvalue weighted by molar-refractivity contribution is 6.04. The van der Waals surface area contributed by atoms with E-state index >= 15 is 0 Å². The van der Waals surface area contributed by atoms with Crippen LogP contribution in [0.3, 0.4) is 0 Å². The fourth-order valence-corrected chi connectivity index (χ4v) is 4.06. The second kappa shape index (κ2) is 11.4. The number of benzene rings is 2. The van der Waals surface area contributed by atoms with Gasteiger partial charge < -0.3 is 4.90 Å². The molecule has 34 heavy (non-hydrogen) atoms. The van der Waals surface area contributed by atoms with Crippen molar-refractivity contribution in [3.8, 4) is 0 Å². The van der Waals surface area contributed by atoms with Gasteiger partial charge in [-0.15, -0.1) is 0 Å². The zero-order valence-corrected chi connectivity index (χ0v) is 21.0. The third kappa shape index (κ3) is 6.72. The monoisotopic (exact) mass is 467 g/mol. The van der Waals surface area contributed by atoms with Crippen LogP contribution in [0.5, 0.6) is 0 Å². The molecule has 0 saturated carbocycles. The van der Waals surface area contributed by atoms with Crippen LogP contribution in [0, 0.1) is 29.9 Å². The zero-order valence-electron chi connectivity index (χ0n) is 21.0. The summed E-state index contributed by atoms with van der Waals surface area (Å²) in [5, 5.41) is 0. The van der Waals surface area contributed by atoms with Gasteiger partial charge in [0.2, 0.25) is 0 Å². The molecule has 0 aliphatic carbocycles. The lowest BCUT2D eigenvalue weighted by Crippen LogP contribution is -2.37. The molecule has 2 aromatic rings. The largest absolute Gasteiger partial charge is 0.314 e. The van der Waals surface area contributed by atoms with Crippen LogP contribution in [0.15, 0.2) is 66.9 Å². The molecule has 0 spiro atoms. The first-order chi connectivity index (χ1) is 15.9. The maximum atomic E-state index is 13.7. The summed E-state index contributed by atoms with van der Waals surface area (Å²) < 4.78 is 27.0. The molecule has 1 amide bonds. The van der Waals surface area contributed by atoms with Gasteiger partial charge in [0.05, 0.1) is 0 Å². The number of ketones is 1. The van der Waals surface area contributed by atoms with E-state index in [2.05, 4.69) is 27.4 Å². The van der Waals surface area contributed by atoms with Gasteiger partial charge in [-0.3, -0.25) is 9.59 Å². The third-order valence-electron chi connectivity index (χ3n) is 5.75. The first-order valence-electron chi connectivity index (χ1n) is 11.6. The van der Waals surface area contributed by atoms with E-state index in [0.29, 0.717) is 18.5 Å². The van der Waals surface area contributed by atoms with Crippen molar-refractivity contribution in [2.45, 2.75) is 53.9 Å². The molecule has 0 saturated heterocycles. The number of halogens is 2. The molecule has 3 nitrogen and oxygen atoms in total. The molecule has 2 aromatic carbocycles. The summed E-state index contributed by atoms with van der Waals surface area (Å²) in [6, 6.07) is 11.1. The smallest absolute Gasteiger partial charge is 0.257 e. The number of carbonyl (C=O) groups is 2. The number of carbonyl (C=O) groups excluding carboxylic acids is 2. The van der Waals surface area contributed by atoms with Gasteiger partial charge in [-0.1, -0.05) is 65.5 Å². The lowest BCUT2D eigenvalue weighted by molar-refractivity contribution is -0.111. The van der Waals surface area contributed by atoms with E-state index in [-0.39, 0.29) is 22.7 Å². The van der Waals surface area contributed by atoms with Crippen LogP contribution in [-0.2, 0) is 4.79 Å². The van der Waals surface area contributed by atoms with Crippen LogP contribution in [-0.4, -0.2) is 23.1 Å². The van der Waals surface area contributed by atoms with E-state index in [1.54, 1.807) is 0 Å². The van der Waals surface area contributed by atoms with Gasteiger partial charge >= 0.3 is 0 Å². The number of nitrogens with zero attached hydrogens (tertiary/aromatic N) is 1. The summed E-state index contributed by atoms with van der Waals surface area (Å²) in [6.07, 6.45) is 3.22. The van der Waals surface area contributed by atoms with E-state index < -0.39 is 17.5 Å². The highest BCUT2D eigenvalue weighted by atomic mass is 19.2. The Balaban J connectivity index is 0.000000945. The third-order valence-corrected chi connectivity index (χ3v) is 5.75. The topological polar surface area (TPSA) is 37.4 Å². The lowest BCUT2D eigenvalue weighted by Gasteiger charge is -2.36. The van der Waals surface area contributed by atoms with Crippen molar-refractivity contribution in [3.05, 3.63) is 95.2 Å². The summed E-state index contributed by atoms with van der Waals surface area (Å²) in [5.41, 5.74) is 2.33. The van der Waals surface area contributed by atoms with Crippen molar-refractivity contribution in [3.63, 3.8) is 0 Å². The number of aryl methyl sites for hydroxylation is 1. The average Bonchev–Trinajstić information content (AvgIpc) is 2.90. The van der Waals surface area contributed by atoms with Crippen LogP contribution in [0.2, 0.25) is 0 Å². The molecule has 1 aliphatic rings. The number of rotatable bonds is 4. The van der Waals surface area contributed by atoms with Gasteiger partial charge in [0, 0.05) is 23.9 Å². The zero-order chi connectivity index (χ0) is 25.6. The minimum absolute atomic E-state index is 0.0170. The summed E-state index contributed by atoms with van der Waals surface area (Å²) >= 11 is 0. The van der Waals surface area contributed by atoms with Crippen molar-refractivity contribution in [2.75, 3.05) is 6.54 Å². The summed E-state index contributed by atoms with van der Waals surface area (Å²) in [5.74, 6) is -2.02. The SMILES string of the molecule is C=CC(=O)C1=CN(C(=O)c2ccc(F)c(F)c2)CC(C)(C)C(c2ccccc2C)C1.CC(C)C. The lowest BCUT2D eigenvalue weighted by atomic mass is 9.71. The first kappa shape index (κ1) is 27.2. The number of amides is 1. The summed E-state index contributed by atoms with van der Waals surface area (Å²) in [4.78, 5) is 27.1. The molecular weight excluding hydrogens is 432 g/mol. The number of allylic oxidation sites excluding steroid dienone is 2. The van der Waals surface area contributed by atoms with E-state index in [4.69, 9.17) is 0 Å². The molecule has 1 heterocycles. The molecule has 0 radical (unpaired) electrons. The Morgan fingerprint density at radius 1 is 1.09 bits per heavy atom. The van der Waals surface area contributed by atoms with Crippen molar-refractivity contribution >= 4 is 11.7 Å². The minimum atomic E-state index is -1.08. The Hall–Kier alpha value is -3.08. The van der Waals surface area contributed by atoms with Crippen molar-refractivity contribution in [1.82, 2.24) is 4.90 Å². The van der Waals surface area contributed by atoms with Crippen LogP contribution >= 0.6 is 0 Å². The number of hydrogen-bond acceptors (Lipinski definition) is 2. The van der Waals surface area contributed by atoms with Gasteiger partial charge in [-0.2, -0.15) is 0 Å². The van der Waals surface area contributed by atoms with Crippen LogP contribution in [0.25, 0.3) is 0 Å². The van der Waals surface area contributed by atoms with Gasteiger partial charge in [0.15, 0.2) is 17.4 Å². The molecule has 5 heteroatoms. The molecule has 182 valence electrons. The predicted octanol–water partition coefficient (Wildman–Crippen LogP) is 7.23. The van der Waals surface area contributed by atoms with Crippen molar-refractivity contribution < 1.29 is 18.4 Å². The maximum Gasteiger partial charge on any atom is 0.257 e. The molecule has 0 N–H and O–H groups in total. The van der Waals surface area contributed by atoms with Crippen LogP contribution < -0.4 is 0 Å². The Kier molecular flexibility index (Phi) is 9.08. The van der Waals surface area contributed by atoms with Crippen molar-refractivity contribution in [2.24, 2.45) is 11.3 Å². The van der Waals surface area contributed by atoms with Crippen LogP contribution in [0.4, 0.5) is 8.78 Å². The Morgan fingerprint density at radius 2 is 1.71 bits per heavy atom. The van der Waals surface area contributed by atoms with E-state index in [1.165, 1.54) is 23.2 Å². The average molecular weight is 468 g/mol. The quantitative estimate of drug-likeness (QED) is 0.445. The molecule has 1 aliphatic heterocycles. The van der Waals surface area contributed by atoms with Gasteiger partial charge in [-0.05, 0) is 66.0 Å². The summed E-state index contributed by atoms with van der Waals surface area (Å²) in [6.45, 7) is 16.5. The van der Waals surface area contributed by atoms with E-state index in [9.17, 15) is 18.4 Å². The van der Waals surface area contributed by atoms with Gasteiger partial charge in [0.25, 0.3) is 5.91 Å². The van der Waals surface area contributed by atoms with Crippen molar-refractivity contribution in [1.29, 1.82) is 0 Å². The normalized spacial score (nSPS) is 17.3. The second-order valence-electron chi connectivity index (χ2n) is 10.1. The van der Waals surface area contributed by atoms with Crippen LogP contribution in [0.1, 0.15) is 68.4 Å². The fraction of sp³-hybridized carbons (Fsp3) is 0.379. The summed E-state index contributed by atoms with van der Waals surface area (Å²) in [7, 11) is 0. The minimum Gasteiger partial charge on any atom is -0.314 e. The standard InChI is InChI=1S/C25H25F2NO2.C4H10/c1-5-23(29)18-12-20(19-9-7-6-8-16(19)2)25(3,4)15-28(14-18)24(30)17-10-11-21(26)22(27)13-17;1-4(2)3/h5-11,13-14,20H,1,12,15H2,2-4H3;4H,1-3H3. The molecule has 1 unspecified atom stereocenters. The molecule has 0 fully saturated rings. The predicted molar refractivity (Wildman–Crippen MR) is 134 cm³/mol. The molecule has 0 aromatic heterocycles. The molecule has 3 rings (SSSR count). The van der Waals surface area contributed by atoms with Gasteiger partial charge in [0.1, 0.15) is 0 Å². The van der Waals surface area contributed by atoms with E-state index in [0.717, 1.165) is 29.2 Å². The Morgan fingerprint density at radius 3 is 2.26 bits per heavy atom. The fourth-order valence-electron chi connectivity index (χ4n) is 4.06. The Labute approximate surface area is 202 Å². The highest BCUT2D eigenvalue weighted by Gasteiger charge is 2.38. The first-order valence-corrected chi connectivity index (χ1v) is 11.6. The Bertz CT molecular complexity index is 1080.